The Morgan fingerprint density at radius 2 is 1.93 bits per heavy atom. The SMILES string of the molecule is COc1cccc(OCC(=O)NCCc2nccn2Cc2ccccc2)c1. The molecule has 0 saturated carbocycles. The lowest BCUT2D eigenvalue weighted by molar-refractivity contribution is -0.123. The highest BCUT2D eigenvalue weighted by Gasteiger charge is 2.06. The number of carbonyl (C=O) groups excluding carboxylic acids is 1. The average Bonchev–Trinajstić information content (AvgIpc) is 3.14. The Balaban J connectivity index is 1.43. The molecule has 1 heterocycles. The summed E-state index contributed by atoms with van der Waals surface area (Å²) < 4.78 is 12.7. The Morgan fingerprint density at radius 1 is 1.11 bits per heavy atom. The number of imidazole rings is 1. The van der Waals surface area contributed by atoms with Crippen LogP contribution in [0.2, 0.25) is 0 Å². The van der Waals surface area contributed by atoms with Gasteiger partial charge in [-0.1, -0.05) is 36.4 Å². The Hall–Kier alpha value is -3.28. The molecule has 6 heteroatoms. The zero-order valence-electron chi connectivity index (χ0n) is 15.3. The predicted molar refractivity (Wildman–Crippen MR) is 103 cm³/mol. The highest BCUT2D eigenvalue weighted by atomic mass is 16.5. The van der Waals surface area contributed by atoms with Crippen molar-refractivity contribution < 1.29 is 14.3 Å². The molecular formula is C21H23N3O3. The third-order valence-corrected chi connectivity index (χ3v) is 4.08. The first-order valence-corrected chi connectivity index (χ1v) is 8.82. The van der Waals surface area contributed by atoms with Crippen molar-refractivity contribution in [1.29, 1.82) is 0 Å². The van der Waals surface area contributed by atoms with Crippen LogP contribution in [0.15, 0.2) is 67.0 Å². The molecule has 3 aromatic rings. The van der Waals surface area contributed by atoms with Crippen LogP contribution >= 0.6 is 0 Å². The zero-order valence-corrected chi connectivity index (χ0v) is 15.3. The zero-order chi connectivity index (χ0) is 18.9. The Kier molecular flexibility index (Phi) is 6.46. The second-order valence-electron chi connectivity index (χ2n) is 6.02. The summed E-state index contributed by atoms with van der Waals surface area (Å²) in [5.41, 5.74) is 1.22. The third kappa shape index (κ3) is 5.60. The lowest BCUT2D eigenvalue weighted by Crippen LogP contribution is -2.31. The largest absolute Gasteiger partial charge is 0.497 e. The van der Waals surface area contributed by atoms with E-state index in [1.165, 1.54) is 5.56 Å². The first-order valence-electron chi connectivity index (χ1n) is 8.82. The first-order chi connectivity index (χ1) is 13.2. The summed E-state index contributed by atoms with van der Waals surface area (Å²) in [6.45, 7) is 1.24. The topological polar surface area (TPSA) is 65.4 Å². The van der Waals surface area contributed by atoms with E-state index in [1.54, 1.807) is 25.4 Å². The highest BCUT2D eigenvalue weighted by Crippen LogP contribution is 2.18. The summed E-state index contributed by atoms with van der Waals surface area (Å²) in [4.78, 5) is 16.4. The molecule has 0 aliphatic heterocycles. The lowest BCUT2D eigenvalue weighted by Gasteiger charge is -2.10. The summed E-state index contributed by atoms with van der Waals surface area (Å²) in [6.07, 6.45) is 4.40. The summed E-state index contributed by atoms with van der Waals surface area (Å²) in [5.74, 6) is 2.06. The fraction of sp³-hybridized carbons (Fsp3) is 0.238. The molecule has 1 aromatic heterocycles. The number of nitrogens with zero attached hydrogens (tertiary/aromatic N) is 2. The first kappa shape index (κ1) is 18.5. The van der Waals surface area contributed by atoms with Crippen molar-refractivity contribution in [2.45, 2.75) is 13.0 Å². The van der Waals surface area contributed by atoms with E-state index < -0.39 is 0 Å². The molecule has 0 fully saturated rings. The maximum absolute atomic E-state index is 12.0. The summed E-state index contributed by atoms with van der Waals surface area (Å²) in [6, 6.07) is 17.4. The number of carbonyl (C=O) groups is 1. The Bertz CT molecular complexity index is 862. The molecule has 0 bridgehead atoms. The number of amides is 1. The predicted octanol–water partition coefficient (Wildman–Crippen LogP) is 2.68. The van der Waals surface area contributed by atoms with Gasteiger partial charge in [-0.25, -0.2) is 4.98 Å². The number of hydrogen-bond acceptors (Lipinski definition) is 4. The van der Waals surface area contributed by atoms with Crippen LogP contribution in [0.5, 0.6) is 11.5 Å². The van der Waals surface area contributed by atoms with Gasteiger partial charge in [-0.2, -0.15) is 0 Å². The highest BCUT2D eigenvalue weighted by molar-refractivity contribution is 5.77. The minimum absolute atomic E-state index is 0.0361. The standard InChI is InChI=1S/C21H23N3O3/c1-26-18-8-5-9-19(14-18)27-16-21(25)23-11-10-20-22-12-13-24(20)15-17-6-3-2-4-7-17/h2-9,12-14H,10-11,15-16H2,1H3,(H,23,25). The number of aromatic nitrogens is 2. The fourth-order valence-electron chi connectivity index (χ4n) is 2.70. The van der Waals surface area contributed by atoms with E-state index in [4.69, 9.17) is 9.47 Å². The van der Waals surface area contributed by atoms with Gasteiger partial charge in [0.25, 0.3) is 5.91 Å². The normalized spacial score (nSPS) is 10.4. The van der Waals surface area contributed by atoms with E-state index in [-0.39, 0.29) is 12.5 Å². The second-order valence-corrected chi connectivity index (χ2v) is 6.02. The molecule has 3 rings (SSSR count). The van der Waals surface area contributed by atoms with Crippen molar-refractivity contribution in [2.75, 3.05) is 20.3 Å². The molecule has 0 radical (unpaired) electrons. The lowest BCUT2D eigenvalue weighted by atomic mass is 10.2. The van der Waals surface area contributed by atoms with Crippen molar-refractivity contribution in [1.82, 2.24) is 14.9 Å². The minimum atomic E-state index is -0.168. The minimum Gasteiger partial charge on any atom is -0.497 e. The van der Waals surface area contributed by atoms with Gasteiger partial charge in [-0.15, -0.1) is 0 Å². The number of methoxy groups -OCH3 is 1. The van der Waals surface area contributed by atoms with Crippen molar-refractivity contribution in [3.63, 3.8) is 0 Å². The molecule has 0 unspecified atom stereocenters. The van der Waals surface area contributed by atoms with Gasteiger partial charge in [0.05, 0.1) is 7.11 Å². The summed E-state index contributed by atoms with van der Waals surface area (Å²) >= 11 is 0. The number of hydrogen-bond donors (Lipinski definition) is 1. The van der Waals surface area contributed by atoms with E-state index in [0.717, 1.165) is 12.4 Å². The van der Waals surface area contributed by atoms with Gasteiger partial charge in [0.1, 0.15) is 17.3 Å². The smallest absolute Gasteiger partial charge is 0.257 e. The summed E-state index contributed by atoms with van der Waals surface area (Å²) in [5, 5.41) is 2.86. The number of rotatable bonds is 9. The van der Waals surface area contributed by atoms with Crippen LogP contribution < -0.4 is 14.8 Å². The van der Waals surface area contributed by atoms with Crippen LogP contribution in [0.3, 0.4) is 0 Å². The van der Waals surface area contributed by atoms with Crippen LogP contribution in [0.1, 0.15) is 11.4 Å². The molecule has 2 aromatic carbocycles. The molecule has 1 N–H and O–H groups in total. The van der Waals surface area contributed by atoms with E-state index in [0.29, 0.717) is 24.5 Å². The van der Waals surface area contributed by atoms with Crippen LogP contribution in [-0.2, 0) is 17.8 Å². The van der Waals surface area contributed by atoms with Crippen LogP contribution in [0, 0.1) is 0 Å². The summed E-state index contributed by atoms with van der Waals surface area (Å²) in [7, 11) is 1.59. The molecule has 6 nitrogen and oxygen atoms in total. The van der Waals surface area contributed by atoms with Gasteiger partial charge in [0.2, 0.25) is 0 Å². The molecule has 0 spiro atoms. The molecule has 140 valence electrons. The Morgan fingerprint density at radius 3 is 2.74 bits per heavy atom. The van der Waals surface area contributed by atoms with Crippen molar-refractivity contribution >= 4 is 5.91 Å². The van der Waals surface area contributed by atoms with E-state index in [9.17, 15) is 4.79 Å². The quantitative estimate of drug-likeness (QED) is 0.633. The maximum Gasteiger partial charge on any atom is 0.257 e. The van der Waals surface area contributed by atoms with Crippen LogP contribution in [0.4, 0.5) is 0 Å². The van der Waals surface area contributed by atoms with Crippen molar-refractivity contribution in [2.24, 2.45) is 0 Å². The van der Waals surface area contributed by atoms with Crippen LogP contribution in [0.25, 0.3) is 0 Å². The van der Waals surface area contributed by atoms with Crippen molar-refractivity contribution in [3.05, 3.63) is 78.4 Å². The van der Waals surface area contributed by atoms with Gasteiger partial charge in [0, 0.05) is 38.0 Å². The molecule has 27 heavy (non-hydrogen) atoms. The molecule has 0 saturated heterocycles. The number of ether oxygens (including phenoxy) is 2. The van der Waals surface area contributed by atoms with Gasteiger partial charge in [-0.3, -0.25) is 4.79 Å². The molecular weight excluding hydrogens is 342 g/mol. The molecule has 1 amide bonds. The maximum atomic E-state index is 12.0. The Labute approximate surface area is 158 Å². The molecule has 0 atom stereocenters. The van der Waals surface area contributed by atoms with Gasteiger partial charge in [-0.05, 0) is 17.7 Å². The monoisotopic (exact) mass is 365 g/mol. The number of nitrogens with one attached hydrogen (secondary N) is 1. The average molecular weight is 365 g/mol. The van der Waals surface area contributed by atoms with E-state index in [2.05, 4.69) is 27.0 Å². The molecule has 0 aliphatic carbocycles. The molecule has 0 aliphatic rings. The van der Waals surface area contributed by atoms with E-state index in [1.807, 2.05) is 36.5 Å². The second kappa shape index (κ2) is 9.43. The van der Waals surface area contributed by atoms with Gasteiger partial charge in [0.15, 0.2) is 6.61 Å². The third-order valence-electron chi connectivity index (χ3n) is 4.08. The number of benzene rings is 2. The fourth-order valence-corrected chi connectivity index (χ4v) is 2.70. The van der Waals surface area contributed by atoms with Crippen LogP contribution in [-0.4, -0.2) is 35.7 Å². The van der Waals surface area contributed by atoms with Gasteiger partial charge >= 0.3 is 0 Å². The van der Waals surface area contributed by atoms with E-state index >= 15 is 0 Å². The van der Waals surface area contributed by atoms with Crippen molar-refractivity contribution in [3.8, 4) is 11.5 Å². The van der Waals surface area contributed by atoms with Gasteiger partial charge < -0.3 is 19.4 Å².